The lowest BCUT2D eigenvalue weighted by atomic mass is 10.1. The molecule has 3 rings (SSSR count). The van der Waals surface area contributed by atoms with Crippen LogP contribution in [0.15, 0.2) is 53.3 Å². The van der Waals surface area contributed by atoms with Crippen molar-refractivity contribution in [1.82, 2.24) is 10.2 Å². The summed E-state index contributed by atoms with van der Waals surface area (Å²) in [5.74, 6) is -0.173. The van der Waals surface area contributed by atoms with Gasteiger partial charge in [-0.2, -0.15) is 5.10 Å². The van der Waals surface area contributed by atoms with Crippen LogP contribution in [-0.2, 0) is 11.2 Å². The number of hydrogen-bond donors (Lipinski definition) is 2. The van der Waals surface area contributed by atoms with Crippen LogP contribution in [0.25, 0.3) is 10.8 Å². The van der Waals surface area contributed by atoms with Crippen molar-refractivity contribution in [2.24, 2.45) is 0 Å². The Labute approximate surface area is 127 Å². The number of carbonyl (C=O) groups is 1. The fourth-order valence-corrected chi connectivity index (χ4v) is 2.30. The Balaban J connectivity index is 1.84. The highest BCUT2D eigenvalue weighted by molar-refractivity contribution is 5.95. The van der Waals surface area contributed by atoms with Crippen molar-refractivity contribution in [3.8, 4) is 0 Å². The lowest BCUT2D eigenvalue weighted by Crippen LogP contribution is -2.18. The number of hydrogen-bond acceptors (Lipinski definition) is 3. The molecule has 0 aliphatic carbocycles. The minimum atomic E-state index is -0.252. The lowest BCUT2D eigenvalue weighted by molar-refractivity contribution is -0.115. The van der Waals surface area contributed by atoms with E-state index in [2.05, 4.69) is 15.5 Å². The van der Waals surface area contributed by atoms with Gasteiger partial charge in [-0.1, -0.05) is 35.9 Å². The van der Waals surface area contributed by atoms with Gasteiger partial charge in [-0.15, -0.1) is 0 Å². The van der Waals surface area contributed by atoms with Crippen LogP contribution in [0.2, 0.25) is 0 Å². The lowest BCUT2D eigenvalue weighted by Gasteiger charge is -2.07. The Morgan fingerprint density at radius 2 is 1.77 bits per heavy atom. The molecule has 0 radical (unpaired) electrons. The molecule has 0 saturated carbocycles. The SMILES string of the molecule is Cc1ccc(NC(=O)Cc2n[nH]c(=O)c3ccccc23)cc1. The van der Waals surface area contributed by atoms with E-state index in [1.807, 2.05) is 37.3 Å². The summed E-state index contributed by atoms with van der Waals surface area (Å²) in [6.07, 6.45) is 0.102. The van der Waals surface area contributed by atoms with Gasteiger partial charge in [-0.3, -0.25) is 9.59 Å². The van der Waals surface area contributed by atoms with Crippen molar-refractivity contribution in [2.75, 3.05) is 5.32 Å². The second-order valence-corrected chi connectivity index (χ2v) is 5.14. The summed E-state index contributed by atoms with van der Waals surface area (Å²) in [4.78, 5) is 23.9. The number of aromatic nitrogens is 2. The number of aromatic amines is 1. The Bertz CT molecular complexity index is 882. The number of rotatable bonds is 3. The molecule has 5 nitrogen and oxygen atoms in total. The Hall–Kier alpha value is -2.95. The van der Waals surface area contributed by atoms with E-state index >= 15 is 0 Å². The molecule has 0 spiro atoms. The molecular formula is C17H15N3O2. The maximum atomic E-state index is 12.2. The summed E-state index contributed by atoms with van der Waals surface area (Å²) in [6, 6.07) is 14.7. The van der Waals surface area contributed by atoms with Crippen LogP contribution in [-0.4, -0.2) is 16.1 Å². The standard InChI is InChI=1S/C17H15N3O2/c1-11-6-8-12(9-7-11)18-16(21)10-15-13-4-2-3-5-14(13)17(22)20-19-15/h2-9H,10H2,1H3,(H,18,21)(H,20,22). The van der Waals surface area contributed by atoms with Crippen LogP contribution in [0.5, 0.6) is 0 Å². The van der Waals surface area contributed by atoms with Crippen LogP contribution < -0.4 is 10.9 Å². The molecular weight excluding hydrogens is 278 g/mol. The summed E-state index contributed by atoms with van der Waals surface area (Å²) in [5.41, 5.74) is 2.17. The molecule has 110 valence electrons. The molecule has 1 amide bonds. The van der Waals surface area contributed by atoms with Crippen molar-refractivity contribution in [3.05, 3.63) is 70.1 Å². The van der Waals surface area contributed by atoms with Gasteiger partial charge in [0.2, 0.25) is 5.91 Å². The van der Waals surface area contributed by atoms with Gasteiger partial charge in [-0.05, 0) is 25.1 Å². The number of benzene rings is 2. The minimum absolute atomic E-state index is 0.102. The second kappa shape index (κ2) is 5.81. The predicted molar refractivity (Wildman–Crippen MR) is 85.9 cm³/mol. The normalized spacial score (nSPS) is 10.6. The summed E-state index contributed by atoms with van der Waals surface area (Å²) in [5, 5.41) is 10.5. The van der Waals surface area contributed by atoms with Gasteiger partial charge < -0.3 is 5.32 Å². The molecule has 1 aromatic heterocycles. The third-order valence-electron chi connectivity index (χ3n) is 3.44. The van der Waals surface area contributed by atoms with Gasteiger partial charge in [0.05, 0.1) is 17.5 Å². The molecule has 0 aliphatic heterocycles. The van der Waals surface area contributed by atoms with E-state index in [9.17, 15) is 9.59 Å². The monoisotopic (exact) mass is 293 g/mol. The van der Waals surface area contributed by atoms with E-state index in [1.54, 1.807) is 18.2 Å². The van der Waals surface area contributed by atoms with E-state index in [4.69, 9.17) is 0 Å². The molecule has 0 unspecified atom stereocenters. The molecule has 22 heavy (non-hydrogen) atoms. The van der Waals surface area contributed by atoms with Crippen molar-refractivity contribution < 1.29 is 4.79 Å². The number of amides is 1. The maximum Gasteiger partial charge on any atom is 0.272 e. The topological polar surface area (TPSA) is 74.8 Å². The van der Waals surface area contributed by atoms with Crippen LogP contribution in [0.4, 0.5) is 5.69 Å². The van der Waals surface area contributed by atoms with E-state index < -0.39 is 0 Å². The molecule has 0 bridgehead atoms. The first kappa shape index (κ1) is 14.0. The largest absolute Gasteiger partial charge is 0.326 e. The number of H-pyrrole nitrogens is 1. The van der Waals surface area contributed by atoms with Gasteiger partial charge >= 0.3 is 0 Å². The molecule has 2 N–H and O–H groups in total. The number of nitrogens with one attached hydrogen (secondary N) is 2. The fraction of sp³-hybridized carbons (Fsp3) is 0.118. The first-order chi connectivity index (χ1) is 10.6. The first-order valence-corrected chi connectivity index (χ1v) is 6.96. The van der Waals surface area contributed by atoms with Crippen LogP contribution >= 0.6 is 0 Å². The molecule has 0 saturated heterocycles. The van der Waals surface area contributed by atoms with E-state index in [1.165, 1.54) is 0 Å². The number of fused-ring (bicyclic) bond motifs is 1. The minimum Gasteiger partial charge on any atom is -0.326 e. The van der Waals surface area contributed by atoms with E-state index in [-0.39, 0.29) is 17.9 Å². The Kier molecular flexibility index (Phi) is 3.70. The highest BCUT2D eigenvalue weighted by Gasteiger charge is 2.10. The molecule has 0 aliphatic rings. The fourth-order valence-electron chi connectivity index (χ4n) is 2.30. The van der Waals surface area contributed by atoms with Crippen molar-refractivity contribution in [3.63, 3.8) is 0 Å². The third-order valence-corrected chi connectivity index (χ3v) is 3.44. The van der Waals surface area contributed by atoms with Crippen LogP contribution in [0, 0.1) is 6.92 Å². The third kappa shape index (κ3) is 2.88. The molecule has 3 aromatic rings. The zero-order chi connectivity index (χ0) is 15.5. The highest BCUT2D eigenvalue weighted by Crippen LogP contribution is 2.14. The summed E-state index contributed by atoms with van der Waals surface area (Å²) < 4.78 is 0. The average molecular weight is 293 g/mol. The van der Waals surface area contributed by atoms with Crippen molar-refractivity contribution >= 4 is 22.4 Å². The predicted octanol–water partition coefficient (Wildman–Crippen LogP) is 2.41. The number of anilines is 1. The maximum absolute atomic E-state index is 12.2. The molecule has 0 atom stereocenters. The number of nitrogens with zero attached hydrogens (tertiary/aromatic N) is 1. The highest BCUT2D eigenvalue weighted by atomic mass is 16.1. The first-order valence-electron chi connectivity index (χ1n) is 6.96. The van der Waals surface area contributed by atoms with E-state index in [0.29, 0.717) is 16.5 Å². The Morgan fingerprint density at radius 3 is 2.50 bits per heavy atom. The van der Waals surface area contributed by atoms with Crippen LogP contribution in [0.3, 0.4) is 0 Å². The van der Waals surface area contributed by atoms with Gasteiger partial charge in [-0.25, -0.2) is 5.10 Å². The van der Waals surface area contributed by atoms with Gasteiger partial charge in [0.1, 0.15) is 0 Å². The van der Waals surface area contributed by atoms with Crippen molar-refractivity contribution in [1.29, 1.82) is 0 Å². The smallest absolute Gasteiger partial charge is 0.272 e. The molecule has 2 aromatic carbocycles. The molecule has 0 fully saturated rings. The zero-order valence-electron chi connectivity index (χ0n) is 12.1. The Morgan fingerprint density at radius 1 is 1.09 bits per heavy atom. The summed E-state index contributed by atoms with van der Waals surface area (Å²) in [7, 11) is 0. The van der Waals surface area contributed by atoms with Gasteiger partial charge in [0.15, 0.2) is 0 Å². The molecule has 5 heteroatoms. The van der Waals surface area contributed by atoms with Crippen molar-refractivity contribution in [2.45, 2.75) is 13.3 Å². The van der Waals surface area contributed by atoms with E-state index in [0.717, 1.165) is 11.3 Å². The average Bonchev–Trinajstić information content (AvgIpc) is 2.53. The summed E-state index contributed by atoms with van der Waals surface area (Å²) in [6.45, 7) is 1.99. The van der Waals surface area contributed by atoms with Gasteiger partial charge in [0, 0.05) is 11.1 Å². The second-order valence-electron chi connectivity index (χ2n) is 5.14. The zero-order valence-corrected chi connectivity index (χ0v) is 12.1. The van der Waals surface area contributed by atoms with Crippen LogP contribution in [0.1, 0.15) is 11.3 Å². The molecule has 1 heterocycles. The number of carbonyl (C=O) groups excluding carboxylic acids is 1. The summed E-state index contributed by atoms with van der Waals surface area (Å²) >= 11 is 0. The quantitative estimate of drug-likeness (QED) is 0.778. The van der Waals surface area contributed by atoms with Gasteiger partial charge in [0.25, 0.3) is 5.56 Å². The number of aryl methyl sites for hydroxylation is 1.